The zero-order valence-corrected chi connectivity index (χ0v) is 8.35. The van der Waals surface area contributed by atoms with E-state index in [9.17, 15) is 4.79 Å². The van der Waals surface area contributed by atoms with Crippen LogP contribution in [0.5, 0.6) is 0 Å². The highest BCUT2D eigenvalue weighted by Gasteiger charge is 2.12. The Morgan fingerprint density at radius 1 is 1.54 bits per heavy atom. The molecular formula is C10H11ClO2. The fourth-order valence-electron chi connectivity index (χ4n) is 1.38. The highest BCUT2D eigenvalue weighted by atomic mass is 35.5. The van der Waals surface area contributed by atoms with Gasteiger partial charge >= 0.3 is 5.97 Å². The van der Waals surface area contributed by atoms with Gasteiger partial charge in [0.2, 0.25) is 0 Å². The third-order valence-electron chi connectivity index (χ3n) is 2.12. The second-order valence-corrected chi connectivity index (χ2v) is 3.26. The van der Waals surface area contributed by atoms with E-state index in [1.54, 1.807) is 12.1 Å². The van der Waals surface area contributed by atoms with E-state index in [1.165, 1.54) is 0 Å². The molecular weight excluding hydrogens is 188 g/mol. The number of carboxylic acids is 1. The van der Waals surface area contributed by atoms with Crippen LogP contribution in [0.15, 0.2) is 12.1 Å². The van der Waals surface area contributed by atoms with E-state index in [2.05, 4.69) is 0 Å². The van der Waals surface area contributed by atoms with Crippen molar-refractivity contribution in [1.82, 2.24) is 0 Å². The van der Waals surface area contributed by atoms with Crippen LogP contribution in [0.2, 0.25) is 5.02 Å². The molecule has 0 aliphatic carbocycles. The summed E-state index contributed by atoms with van der Waals surface area (Å²) < 4.78 is 0. The molecule has 0 fully saturated rings. The summed E-state index contributed by atoms with van der Waals surface area (Å²) in [6.07, 6.45) is 0.689. The van der Waals surface area contributed by atoms with Crippen molar-refractivity contribution in [2.24, 2.45) is 0 Å². The fraction of sp³-hybridized carbons (Fsp3) is 0.300. The molecule has 0 spiro atoms. The first-order valence-corrected chi connectivity index (χ1v) is 4.47. The van der Waals surface area contributed by atoms with Crippen molar-refractivity contribution in [1.29, 1.82) is 0 Å². The van der Waals surface area contributed by atoms with Gasteiger partial charge in [-0.2, -0.15) is 0 Å². The maximum absolute atomic E-state index is 10.8. The predicted molar refractivity (Wildman–Crippen MR) is 52.5 cm³/mol. The Morgan fingerprint density at radius 2 is 2.15 bits per heavy atom. The van der Waals surface area contributed by atoms with Crippen molar-refractivity contribution in [3.63, 3.8) is 0 Å². The number of halogens is 1. The maximum atomic E-state index is 10.8. The zero-order chi connectivity index (χ0) is 10.0. The average molecular weight is 199 g/mol. The van der Waals surface area contributed by atoms with Crippen LogP contribution in [0.25, 0.3) is 0 Å². The lowest BCUT2D eigenvalue weighted by atomic mass is 10.00. The number of hydrogen-bond acceptors (Lipinski definition) is 1. The molecule has 13 heavy (non-hydrogen) atoms. The lowest BCUT2D eigenvalue weighted by molar-refractivity contribution is 0.0695. The Balaban J connectivity index is 3.38. The van der Waals surface area contributed by atoms with E-state index in [0.29, 0.717) is 17.0 Å². The van der Waals surface area contributed by atoms with Gasteiger partial charge in [0, 0.05) is 5.02 Å². The Labute approximate surface area is 82.2 Å². The van der Waals surface area contributed by atoms with Crippen LogP contribution >= 0.6 is 11.6 Å². The van der Waals surface area contributed by atoms with Crippen molar-refractivity contribution in [3.05, 3.63) is 33.8 Å². The summed E-state index contributed by atoms with van der Waals surface area (Å²) in [5.41, 5.74) is 2.04. The summed E-state index contributed by atoms with van der Waals surface area (Å²) in [5, 5.41) is 9.50. The Kier molecular flexibility index (Phi) is 2.94. The molecule has 0 aromatic heterocycles. The van der Waals surface area contributed by atoms with Crippen molar-refractivity contribution < 1.29 is 9.90 Å². The highest BCUT2D eigenvalue weighted by molar-refractivity contribution is 6.31. The van der Waals surface area contributed by atoms with Gasteiger partial charge in [-0.05, 0) is 36.6 Å². The minimum absolute atomic E-state index is 0.351. The molecule has 1 aromatic carbocycles. The van der Waals surface area contributed by atoms with E-state index in [4.69, 9.17) is 16.7 Å². The Bertz CT molecular complexity index is 345. The largest absolute Gasteiger partial charge is 0.478 e. The first kappa shape index (κ1) is 10.1. The van der Waals surface area contributed by atoms with Gasteiger partial charge in [-0.15, -0.1) is 0 Å². The first-order chi connectivity index (χ1) is 6.07. The lowest BCUT2D eigenvalue weighted by Crippen LogP contribution is -2.03. The minimum Gasteiger partial charge on any atom is -0.478 e. The van der Waals surface area contributed by atoms with Gasteiger partial charge in [0.1, 0.15) is 0 Å². The van der Waals surface area contributed by atoms with Gasteiger partial charge in [-0.1, -0.05) is 18.5 Å². The molecule has 0 bridgehead atoms. The third-order valence-corrected chi connectivity index (χ3v) is 2.53. The molecule has 1 N–H and O–H groups in total. The van der Waals surface area contributed by atoms with Crippen LogP contribution in [-0.4, -0.2) is 11.1 Å². The second kappa shape index (κ2) is 3.79. The first-order valence-electron chi connectivity index (χ1n) is 4.09. The molecule has 1 aromatic rings. The summed E-state index contributed by atoms with van der Waals surface area (Å²) in [5.74, 6) is -0.892. The monoisotopic (exact) mass is 198 g/mol. The van der Waals surface area contributed by atoms with Gasteiger partial charge in [0.05, 0.1) is 5.56 Å². The minimum atomic E-state index is -0.892. The fourth-order valence-corrected chi connectivity index (χ4v) is 1.56. The molecule has 0 amide bonds. The van der Waals surface area contributed by atoms with E-state index >= 15 is 0 Å². The smallest absolute Gasteiger partial charge is 0.335 e. The lowest BCUT2D eigenvalue weighted by Gasteiger charge is -2.08. The maximum Gasteiger partial charge on any atom is 0.335 e. The number of aromatic carboxylic acids is 1. The quantitative estimate of drug-likeness (QED) is 0.794. The molecule has 0 saturated carbocycles. The Hall–Kier alpha value is -1.02. The van der Waals surface area contributed by atoms with E-state index in [-0.39, 0.29) is 0 Å². The summed E-state index contributed by atoms with van der Waals surface area (Å²) in [6.45, 7) is 3.76. The van der Waals surface area contributed by atoms with Crippen molar-refractivity contribution in [3.8, 4) is 0 Å². The number of hydrogen-bond donors (Lipinski definition) is 1. The molecule has 0 saturated heterocycles. The van der Waals surface area contributed by atoms with Crippen molar-refractivity contribution >= 4 is 17.6 Å². The van der Waals surface area contributed by atoms with Gasteiger partial charge in [0.25, 0.3) is 0 Å². The molecule has 0 heterocycles. The van der Waals surface area contributed by atoms with E-state index < -0.39 is 5.97 Å². The molecule has 3 heteroatoms. The standard InChI is InChI=1S/C10H11ClO2/c1-3-7-6(2)9(11)5-4-8(7)10(12)13/h4-5H,3H2,1-2H3,(H,12,13). The van der Waals surface area contributed by atoms with Crippen LogP contribution in [0.1, 0.15) is 28.4 Å². The molecule has 0 aliphatic rings. The Morgan fingerprint density at radius 3 is 2.62 bits per heavy atom. The summed E-state index contributed by atoms with van der Waals surface area (Å²) in [6, 6.07) is 3.18. The van der Waals surface area contributed by atoms with E-state index in [0.717, 1.165) is 11.1 Å². The molecule has 0 unspecified atom stereocenters. The molecule has 0 atom stereocenters. The van der Waals surface area contributed by atoms with Gasteiger partial charge in [-0.3, -0.25) is 0 Å². The zero-order valence-electron chi connectivity index (χ0n) is 7.60. The normalized spacial score (nSPS) is 10.1. The van der Waals surface area contributed by atoms with Gasteiger partial charge < -0.3 is 5.11 Å². The van der Waals surface area contributed by atoms with Crippen LogP contribution in [-0.2, 0) is 6.42 Å². The van der Waals surface area contributed by atoms with Gasteiger partial charge in [-0.25, -0.2) is 4.79 Å². The highest BCUT2D eigenvalue weighted by Crippen LogP contribution is 2.23. The second-order valence-electron chi connectivity index (χ2n) is 2.86. The summed E-state index contributed by atoms with van der Waals surface area (Å²) in [4.78, 5) is 10.8. The number of rotatable bonds is 2. The number of benzene rings is 1. The number of carbonyl (C=O) groups is 1. The third kappa shape index (κ3) is 1.83. The van der Waals surface area contributed by atoms with Crippen LogP contribution in [0.3, 0.4) is 0 Å². The molecule has 70 valence electrons. The van der Waals surface area contributed by atoms with Crippen LogP contribution < -0.4 is 0 Å². The van der Waals surface area contributed by atoms with Gasteiger partial charge in [0.15, 0.2) is 0 Å². The summed E-state index contributed by atoms with van der Waals surface area (Å²) in [7, 11) is 0. The SMILES string of the molecule is CCc1c(C(=O)O)ccc(Cl)c1C. The molecule has 0 aliphatic heterocycles. The molecule has 1 rings (SSSR count). The molecule has 2 nitrogen and oxygen atoms in total. The predicted octanol–water partition coefficient (Wildman–Crippen LogP) is 2.91. The van der Waals surface area contributed by atoms with E-state index in [1.807, 2.05) is 13.8 Å². The van der Waals surface area contributed by atoms with Crippen molar-refractivity contribution in [2.45, 2.75) is 20.3 Å². The van der Waals surface area contributed by atoms with Crippen LogP contribution in [0, 0.1) is 6.92 Å². The van der Waals surface area contributed by atoms with Crippen molar-refractivity contribution in [2.75, 3.05) is 0 Å². The topological polar surface area (TPSA) is 37.3 Å². The van der Waals surface area contributed by atoms with Crippen LogP contribution in [0.4, 0.5) is 0 Å². The molecule has 0 radical (unpaired) electrons. The number of carboxylic acid groups (broad SMARTS) is 1. The average Bonchev–Trinajstić information content (AvgIpc) is 2.09. The summed E-state index contributed by atoms with van der Waals surface area (Å²) >= 11 is 5.88.